The second-order valence-electron chi connectivity index (χ2n) is 8.42. The number of ketones is 1. The number of carbonyl (C=O) groups is 2. The van der Waals surface area contributed by atoms with E-state index in [1.807, 2.05) is 60.8 Å². The average Bonchev–Trinajstić information content (AvgIpc) is 3.53. The van der Waals surface area contributed by atoms with E-state index in [-0.39, 0.29) is 23.6 Å². The van der Waals surface area contributed by atoms with E-state index in [1.54, 1.807) is 22.7 Å². The van der Waals surface area contributed by atoms with Crippen LogP contribution < -0.4 is 5.32 Å². The summed E-state index contributed by atoms with van der Waals surface area (Å²) in [5.41, 5.74) is 4.12. The van der Waals surface area contributed by atoms with Gasteiger partial charge in [-0.05, 0) is 41.8 Å². The Morgan fingerprint density at radius 2 is 1.73 bits per heavy atom. The fraction of sp³-hybridized carbons (Fsp3) is 0.259. The number of esters is 1. The van der Waals surface area contributed by atoms with Gasteiger partial charge in [0, 0.05) is 45.5 Å². The van der Waals surface area contributed by atoms with Crippen LogP contribution in [0, 0.1) is 0 Å². The van der Waals surface area contributed by atoms with Crippen LogP contribution in [-0.4, -0.2) is 18.4 Å². The summed E-state index contributed by atoms with van der Waals surface area (Å²) in [6.45, 7) is 2.22. The van der Waals surface area contributed by atoms with E-state index >= 15 is 0 Å². The van der Waals surface area contributed by atoms with Crippen molar-refractivity contribution >= 4 is 34.4 Å². The Morgan fingerprint density at radius 1 is 1.00 bits per heavy atom. The first-order chi connectivity index (χ1) is 16.1. The summed E-state index contributed by atoms with van der Waals surface area (Å²) in [5, 5.41) is 7.47. The number of dihydropyridines is 1. The number of carbonyl (C=O) groups excluding carboxylic acids is 2. The maximum absolute atomic E-state index is 13.5. The number of rotatable bonds is 6. The van der Waals surface area contributed by atoms with E-state index in [2.05, 4.69) is 16.8 Å². The van der Waals surface area contributed by atoms with Gasteiger partial charge in [-0.25, -0.2) is 4.79 Å². The molecule has 6 heteroatoms. The Morgan fingerprint density at radius 3 is 2.42 bits per heavy atom. The van der Waals surface area contributed by atoms with Crippen molar-refractivity contribution in [2.45, 2.75) is 38.0 Å². The van der Waals surface area contributed by atoms with Gasteiger partial charge in [-0.3, -0.25) is 4.79 Å². The van der Waals surface area contributed by atoms with Crippen molar-refractivity contribution in [3.8, 4) is 0 Å². The summed E-state index contributed by atoms with van der Waals surface area (Å²) < 4.78 is 5.71. The molecule has 2 aliphatic rings. The van der Waals surface area contributed by atoms with Crippen molar-refractivity contribution in [2.24, 2.45) is 0 Å². The predicted octanol–water partition coefficient (Wildman–Crippen LogP) is 5.96. The van der Waals surface area contributed by atoms with Gasteiger partial charge in [0.25, 0.3) is 0 Å². The molecule has 1 aliphatic heterocycles. The summed E-state index contributed by atoms with van der Waals surface area (Å²) in [6, 6.07) is 18.1. The molecule has 33 heavy (non-hydrogen) atoms. The Balaban J connectivity index is 1.42. The molecule has 2 aromatic heterocycles. The molecular weight excluding hydrogens is 450 g/mol. The van der Waals surface area contributed by atoms with E-state index in [1.165, 1.54) is 4.88 Å². The fourth-order valence-electron chi connectivity index (χ4n) is 4.76. The number of nitrogens with one attached hydrogen (secondary N) is 1. The van der Waals surface area contributed by atoms with E-state index in [9.17, 15) is 9.59 Å². The molecule has 3 heterocycles. The zero-order chi connectivity index (χ0) is 22.8. The van der Waals surface area contributed by atoms with Crippen molar-refractivity contribution in [1.29, 1.82) is 0 Å². The highest BCUT2D eigenvalue weighted by atomic mass is 32.1. The van der Waals surface area contributed by atoms with Gasteiger partial charge < -0.3 is 10.1 Å². The standard InChI is InChI=1S/C27H25NO3S2/c1-17-24(27(30)31-12-11-18-7-3-2-4-8-18)26(23-10-6-14-33-23)25-20(28-17)15-19(16-21(25)29)22-9-5-13-32-22/h2-10,13-14,19,26,28H,11-12,15-16H2,1H3/t19-,26-/m0/s1. The first kappa shape index (κ1) is 21.9. The zero-order valence-electron chi connectivity index (χ0n) is 18.4. The maximum Gasteiger partial charge on any atom is 0.336 e. The van der Waals surface area contributed by atoms with Crippen LogP contribution in [-0.2, 0) is 20.7 Å². The van der Waals surface area contributed by atoms with Gasteiger partial charge in [0.05, 0.1) is 18.1 Å². The van der Waals surface area contributed by atoms with Crippen molar-refractivity contribution in [1.82, 2.24) is 5.32 Å². The van der Waals surface area contributed by atoms with E-state index in [0.717, 1.165) is 33.8 Å². The number of benzene rings is 1. The first-order valence-electron chi connectivity index (χ1n) is 11.1. The Kier molecular flexibility index (Phi) is 6.29. The Hall–Kier alpha value is -2.96. The molecule has 0 unspecified atom stereocenters. The third kappa shape index (κ3) is 4.45. The molecule has 0 spiro atoms. The molecule has 1 aromatic carbocycles. The summed E-state index contributed by atoms with van der Waals surface area (Å²) in [6.07, 6.45) is 1.90. The minimum atomic E-state index is -0.373. The molecule has 5 rings (SSSR count). The molecule has 0 saturated heterocycles. The molecule has 0 saturated carbocycles. The number of thiophene rings is 2. The number of ether oxygens (including phenoxy) is 1. The monoisotopic (exact) mass is 475 g/mol. The van der Waals surface area contributed by atoms with Crippen LogP contribution >= 0.6 is 22.7 Å². The lowest BCUT2D eigenvalue weighted by atomic mass is 9.74. The Bertz CT molecular complexity index is 1210. The lowest BCUT2D eigenvalue weighted by molar-refractivity contribution is -0.139. The van der Waals surface area contributed by atoms with Crippen LogP contribution in [0.15, 0.2) is 87.9 Å². The van der Waals surface area contributed by atoms with Gasteiger partial charge in [-0.1, -0.05) is 42.5 Å². The van der Waals surface area contributed by atoms with Crippen molar-refractivity contribution in [2.75, 3.05) is 6.61 Å². The normalized spacial score (nSPS) is 20.5. The lowest BCUT2D eigenvalue weighted by Crippen LogP contribution is -2.35. The average molecular weight is 476 g/mol. The largest absolute Gasteiger partial charge is 0.462 e. The highest BCUT2D eigenvalue weighted by molar-refractivity contribution is 7.10. The molecule has 3 aromatic rings. The molecule has 1 aliphatic carbocycles. The third-order valence-electron chi connectivity index (χ3n) is 6.29. The molecule has 0 fully saturated rings. The highest BCUT2D eigenvalue weighted by Crippen LogP contribution is 2.47. The van der Waals surface area contributed by atoms with Crippen molar-refractivity contribution in [3.05, 3.63) is 103 Å². The Labute approximate surface area is 201 Å². The number of allylic oxidation sites excluding steroid dienone is 3. The van der Waals surface area contributed by atoms with Crippen LogP contribution in [0.25, 0.3) is 0 Å². The van der Waals surface area contributed by atoms with Gasteiger partial charge in [0.2, 0.25) is 0 Å². The summed E-state index contributed by atoms with van der Waals surface area (Å²) >= 11 is 3.27. The minimum absolute atomic E-state index is 0.114. The topological polar surface area (TPSA) is 55.4 Å². The van der Waals surface area contributed by atoms with Crippen LogP contribution in [0.3, 0.4) is 0 Å². The fourth-order valence-corrected chi connectivity index (χ4v) is 6.43. The van der Waals surface area contributed by atoms with E-state index < -0.39 is 0 Å². The van der Waals surface area contributed by atoms with Crippen LogP contribution in [0.2, 0.25) is 0 Å². The third-order valence-corrected chi connectivity index (χ3v) is 8.26. The molecule has 2 atom stereocenters. The highest BCUT2D eigenvalue weighted by Gasteiger charge is 2.41. The van der Waals surface area contributed by atoms with E-state index in [0.29, 0.717) is 25.0 Å². The van der Waals surface area contributed by atoms with Gasteiger partial charge in [-0.15, -0.1) is 22.7 Å². The number of hydrogen-bond donors (Lipinski definition) is 1. The second kappa shape index (κ2) is 9.49. The molecular formula is C27H25NO3S2. The molecule has 1 N–H and O–H groups in total. The maximum atomic E-state index is 13.5. The van der Waals surface area contributed by atoms with Crippen LogP contribution in [0.5, 0.6) is 0 Å². The minimum Gasteiger partial charge on any atom is -0.462 e. The first-order valence-corrected chi connectivity index (χ1v) is 12.9. The van der Waals surface area contributed by atoms with Gasteiger partial charge >= 0.3 is 5.97 Å². The van der Waals surface area contributed by atoms with Gasteiger partial charge in [0.15, 0.2) is 5.78 Å². The van der Waals surface area contributed by atoms with Crippen LogP contribution in [0.4, 0.5) is 0 Å². The molecule has 4 nitrogen and oxygen atoms in total. The summed E-state index contributed by atoms with van der Waals surface area (Å²) in [7, 11) is 0. The zero-order valence-corrected chi connectivity index (χ0v) is 20.0. The van der Waals surface area contributed by atoms with Gasteiger partial charge in [0.1, 0.15) is 0 Å². The SMILES string of the molecule is CC1=C(C(=O)OCCc2ccccc2)[C@H](c2cccs2)C2=C(C[C@H](c3cccs3)CC2=O)N1. The summed E-state index contributed by atoms with van der Waals surface area (Å²) in [5.74, 6) is -0.432. The van der Waals surface area contributed by atoms with Crippen molar-refractivity contribution < 1.29 is 14.3 Å². The van der Waals surface area contributed by atoms with Crippen molar-refractivity contribution in [3.63, 3.8) is 0 Å². The van der Waals surface area contributed by atoms with Gasteiger partial charge in [-0.2, -0.15) is 0 Å². The molecule has 168 valence electrons. The number of hydrogen-bond acceptors (Lipinski definition) is 6. The quantitative estimate of drug-likeness (QED) is 0.447. The molecule has 0 bridgehead atoms. The number of Topliss-reactive ketones (excluding diaryl/α,β-unsaturated/α-hetero) is 1. The second-order valence-corrected chi connectivity index (χ2v) is 10.4. The smallest absolute Gasteiger partial charge is 0.336 e. The van der Waals surface area contributed by atoms with Crippen LogP contribution in [0.1, 0.15) is 46.9 Å². The lowest BCUT2D eigenvalue weighted by Gasteiger charge is -2.35. The summed E-state index contributed by atoms with van der Waals surface area (Å²) in [4.78, 5) is 29.0. The predicted molar refractivity (Wildman–Crippen MR) is 132 cm³/mol. The van der Waals surface area contributed by atoms with E-state index in [4.69, 9.17) is 4.74 Å². The molecule has 0 radical (unpaired) electrons. The molecule has 0 amide bonds.